The normalized spacial score (nSPS) is 10.3. The molecule has 70 valence electrons. The van der Waals surface area contributed by atoms with Crippen molar-refractivity contribution in [3.05, 3.63) is 44.9 Å². The Morgan fingerprint density at radius 3 is 2.79 bits per heavy atom. The lowest BCUT2D eigenvalue weighted by molar-refractivity contribution is -0.387. The van der Waals surface area contributed by atoms with Crippen LogP contribution in [0.2, 0.25) is 0 Å². The number of H-pyrrole nitrogens is 1. The first-order valence-electron chi connectivity index (χ1n) is 3.82. The zero-order valence-corrected chi connectivity index (χ0v) is 6.93. The highest BCUT2D eigenvalue weighted by molar-refractivity contribution is 5.85. The number of rotatable bonds is 1. The number of nitro groups is 1. The van der Waals surface area contributed by atoms with Gasteiger partial charge in [-0.05, 0) is 17.1 Å². The minimum absolute atomic E-state index is 0.331. The molecule has 1 N–H and O–H groups in total. The van der Waals surface area contributed by atoms with E-state index in [2.05, 4.69) is 9.97 Å². The van der Waals surface area contributed by atoms with Crippen LogP contribution in [0.1, 0.15) is 0 Å². The lowest BCUT2D eigenvalue weighted by Crippen LogP contribution is -2.12. The molecule has 0 unspecified atom stereocenters. The Morgan fingerprint density at radius 2 is 2.07 bits per heavy atom. The fourth-order valence-electron chi connectivity index (χ4n) is 1.23. The molecule has 0 fully saturated rings. The van der Waals surface area contributed by atoms with Crippen LogP contribution in [-0.4, -0.2) is 14.9 Å². The molecule has 0 aliphatic heterocycles. The molecule has 0 amide bonds. The predicted octanol–water partition coefficient (Wildman–Crippen LogP) is 0.831. The third-order valence-electron chi connectivity index (χ3n) is 1.79. The van der Waals surface area contributed by atoms with E-state index in [0.717, 1.165) is 0 Å². The number of hydrogen-bond acceptors (Lipinski definition) is 4. The van der Waals surface area contributed by atoms with Crippen molar-refractivity contribution < 1.29 is 4.92 Å². The third-order valence-corrected chi connectivity index (χ3v) is 1.79. The lowest BCUT2D eigenvalue weighted by Gasteiger charge is -1.96. The van der Waals surface area contributed by atoms with E-state index in [1.54, 1.807) is 18.2 Å². The van der Waals surface area contributed by atoms with Crippen molar-refractivity contribution in [1.82, 2.24) is 9.97 Å². The predicted molar refractivity (Wildman–Crippen MR) is 49.0 cm³/mol. The summed E-state index contributed by atoms with van der Waals surface area (Å²) in [5.41, 5.74) is -0.297. The molecule has 2 aromatic rings. The van der Waals surface area contributed by atoms with Crippen LogP contribution in [-0.2, 0) is 0 Å². The van der Waals surface area contributed by atoms with Crippen LogP contribution in [0.25, 0.3) is 10.9 Å². The number of nitrogens with zero attached hydrogens (tertiary/aromatic N) is 2. The van der Waals surface area contributed by atoms with Gasteiger partial charge in [0.15, 0.2) is 0 Å². The zero-order chi connectivity index (χ0) is 10.1. The van der Waals surface area contributed by atoms with Crippen molar-refractivity contribution in [3.63, 3.8) is 0 Å². The van der Waals surface area contributed by atoms with Gasteiger partial charge in [-0.25, -0.2) is 4.79 Å². The molecule has 0 atom stereocenters. The molecule has 0 saturated heterocycles. The van der Waals surface area contributed by atoms with Gasteiger partial charge >= 0.3 is 11.5 Å². The van der Waals surface area contributed by atoms with Crippen molar-refractivity contribution in [2.24, 2.45) is 0 Å². The van der Waals surface area contributed by atoms with E-state index in [1.165, 1.54) is 6.07 Å². The highest BCUT2D eigenvalue weighted by atomic mass is 16.6. The summed E-state index contributed by atoms with van der Waals surface area (Å²) in [5, 5.41) is 10.9. The Morgan fingerprint density at radius 1 is 1.36 bits per heavy atom. The van der Waals surface area contributed by atoms with Gasteiger partial charge in [-0.3, -0.25) is 4.98 Å². The van der Waals surface area contributed by atoms with Gasteiger partial charge in [-0.15, -0.1) is 0 Å². The van der Waals surface area contributed by atoms with E-state index in [-0.39, 0.29) is 0 Å². The van der Waals surface area contributed by atoms with Gasteiger partial charge in [0.1, 0.15) is 0 Å². The average Bonchev–Trinajstić information content (AvgIpc) is 2.16. The molecule has 14 heavy (non-hydrogen) atoms. The van der Waals surface area contributed by atoms with Gasteiger partial charge < -0.3 is 10.1 Å². The van der Waals surface area contributed by atoms with E-state index in [9.17, 15) is 14.9 Å². The summed E-state index contributed by atoms with van der Waals surface area (Å²) in [6, 6.07) is 6.46. The van der Waals surface area contributed by atoms with Crippen molar-refractivity contribution in [3.8, 4) is 0 Å². The number of nitrogens with one attached hydrogen (secondary N) is 1. The minimum atomic E-state index is -0.713. The van der Waals surface area contributed by atoms with Crippen LogP contribution in [0.15, 0.2) is 29.1 Å². The highest BCUT2D eigenvalue weighted by Gasteiger charge is 2.14. The second-order valence-corrected chi connectivity index (χ2v) is 2.67. The van der Waals surface area contributed by atoms with E-state index in [0.29, 0.717) is 10.9 Å². The largest absolute Gasteiger partial charge is 0.455 e. The first kappa shape index (κ1) is 8.36. The Bertz CT molecular complexity index is 561. The number of benzene rings is 1. The smallest absolute Gasteiger partial charge is 0.358 e. The zero-order valence-electron chi connectivity index (χ0n) is 6.93. The van der Waals surface area contributed by atoms with Gasteiger partial charge in [0.25, 0.3) is 0 Å². The van der Waals surface area contributed by atoms with E-state index in [4.69, 9.17) is 0 Å². The van der Waals surface area contributed by atoms with E-state index in [1.807, 2.05) is 0 Å². The topological polar surface area (TPSA) is 88.9 Å². The van der Waals surface area contributed by atoms with Crippen molar-refractivity contribution in [2.75, 3.05) is 0 Å². The maximum absolute atomic E-state index is 10.9. The van der Waals surface area contributed by atoms with Crippen LogP contribution in [0.4, 0.5) is 5.82 Å². The molecule has 0 radical (unpaired) electrons. The molecule has 1 heterocycles. The number of fused-ring (bicyclic) bond motifs is 1. The van der Waals surface area contributed by atoms with Crippen LogP contribution < -0.4 is 5.69 Å². The third kappa shape index (κ3) is 1.22. The SMILES string of the molecule is O=c1nc([N+](=O)[O-])c2ccccc2[nH]1. The van der Waals surface area contributed by atoms with Crippen molar-refractivity contribution in [1.29, 1.82) is 0 Å². The fraction of sp³-hybridized carbons (Fsp3) is 0. The number of aromatic nitrogens is 2. The highest BCUT2D eigenvalue weighted by Crippen LogP contribution is 2.18. The number of hydrogen-bond donors (Lipinski definition) is 1. The van der Waals surface area contributed by atoms with Crippen LogP contribution in [0, 0.1) is 10.1 Å². The molecule has 1 aromatic carbocycles. The van der Waals surface area contributed by atoms with Crippen LogP contribution >= 0.6 is 0 Å². The maximum Gasteiger partial charge on any atom is 0.455 e. The van der Waals surface area contributed by atoms with Gasteiger partial charge in [-0.2, -0.15) is 0 Å². The summed E-state index contributed by atoms with van der Waals surface area (Å²) in [5.74, 6) is -0.413. The molecule has 0 saturated carbocycles. The molecule has 0 aliphatic carbocycles. The Hall–Kier alpha value is -2.24. The quantitative estimate of drug-likeness (QED) is 0.534. The maximum atomic E-state index is 10.9. The lowest BCUT2D eigenvalue weighted by atomic mass is 10.2. The summed E-state index contributed by atoms with van der Waals surface area (Å²) in [7, 11) is 0. The minimum Gasteiger partial charge on any atom is -0.358 e. The van der Waals surface area contributed by atoms with Crippen molar-refractivity contribution >= 4 is 16.7 Å². The Labute approximate surface area is 77.4 Å². The Balaban J connectivity index is 2.94. The molecular formula is C8H5N3O3. The standard InChI is InChI=1S/C8H5N3O3/c12-8-9-6-4-2-1-3-5(6)7(10-8)11(13)14/h1-4H,(H,9,10,12). The van der Waals surface area contributed by atoms with Crippen molar-refractivity contribution in [2.45, 2.75) is 0 Å². The van der Waals surface area contributed by atoms with E-state index >= 15 is 0 Å². The number of aromatic amines is 1. The van der Waals surface area contributed by atoms with Gasteiger partial charge in [-0.1, -0.05) is 12.1 Å². The number of para-hydroxylation sites is 1. The molecule has 1 aromatic heterocycles. The summed E-state index contributed by atoms with van der Waals surface area (Å²) >= 11 is 0. The van der Waals surface area contributed by atoms with E-state index < -0.39 is 16.4 Å². The molecule has 0 aliphatic rings. The summed E-state index contributed by atoms with van der Waals surface area (Å²) in [4.78, 5) is 26.5. The molecule has 6 heteroatoms. The van der Waals surface area contributed by atoms with Gasteiger partial charge in [0.05, 0.1) is 10.9 Å². The second kappa shape index (κ2) is 2.91. The van der Waals surface area contributed by atoms with Gasteiger partial charge in [0, 0.05) is 4.98 Å². The van der Waals surface area contributed by atoms with Crippen LogP contribution in [0.5, 0.6) is 0 Å². The first-order chi connectivity index (χ1) is 6.68. The summed E-state index contributed by atoms with van der Waals surface area (Å²) < 4.78 is 0. The molecular weight excluding hydrogens is 186 g/mol. The Kier molecular flexibility index (Phi) is 1.74. The average molecular weight is 191 g/mol. The second-order valence-electron chi connectivity index (χ2n) is 2.67. The molecule has 0 spiro atoms. The fourth-order valence-corrected chi connectivity index (χ4v) is 1.23. The molecule has 2 rings (SSSR count). The van der Waals surface area contributed by atoms with Crippen LogP contribution in [0.3, 0.4) is 0 Å². The first-order valence-corrected chi connectivity index (χ1v) is 3.82. The van der Waals surface area contributed by atoms with Gasteiger partial charge in [0.2, 0.25) is 0 Å². The monoisotopic (exact) mass is 191 g/mol. The molecule has 6 nitrogen and oxygen atoms in total. The molecule has 0 bridgehead atoms. The summed E-state index contributed by atoms with van der Waals surface area (Å²) in [6.45, 7) is 0. The summed E-state index contributed by atoms with van der Waals surface area (Å²) in [6.07, 6.45) is 0.